The minimum Gasteiger partial charge on any atom is -0.481 e. The summed E-state index contributed by atoms with van der Waals surface area (Å²) in [6.45, 7) is 2.37. The van der Waals surface area contributed by atoms with Gasteiger partial charge < -0.3 is 15.6 Å². The highest BCUT2D eigenvalue weighted by molar-refractivity contribution is 5.70. The molecule has 18 heavy (non-hydrogen) atoms. The zero-order valence-electron chi connectivity index (χ0n) is 10.7. The van der Waals surface area contributed by atoms with Crippen molar-refractivity contribution in [1.82, 2.24) is 0 Å². The fourth-order valence-corrected chi connectivity index (χ4v) is 1.74. The van der Waals surface area contributed by atoms with E-state index in [1.807, 2.05) is 37.3 Å². The number of benzene rings is 1. The zero-order chi connectivity index (χ0) is 13.4. The van der Waals surface area contributed by atoms with Crippen molar-refractivity contribution in [2.75, 3.05) is 0 Å². The first-order valence-corrected chi connectivity index (χ1v) is 6.29. The van der Waals surface area contributed by atoms with E-state index >= 15 is 0 Å². The van der Waals surface area contributed by atoms with E-state index in [-0.39, 0.29) is 0 Å². The van der Waals surface area contributed by atoms with Gasteiger partial charge in [0.2, 0.25) is 0 Å². The number of nitrogens with two attached hydrogens (primary N) is 1. The smallest absolute Gasteiger partial charge is 0.310 e. The van der Waals surface area contributed by atoms with Crippen LogP contribution in [0.15, 0.2) is 30.3 Å². The molecule has 1 aromatic carbocycles. The SMILES string of the molecule is CCCCC(C(=O)O)C(N)OCc1ccccc1. The summed E-state index contributed by atoms with van der Waals surface area (Å²) in [5.74, 6) is -1.52. The number of hydrogen-bond donors (Lipinski definition) is 2. The topological polar surface area (TPSA) is 72.5 Å². The van der Waals surface area contributed by atoms with E-state index in [0.29, 0.717) is 13.0 Å². The van der Waals surface area contributed by atoms with E-state index in [9.17, 15) is 4.79 Å². The lowest BCUT2D eigenvalue weighted by molar-refractivity contribution is -0.148. The van der Waals surface area contributed by atoms with Crippen LogP contribution < -0.4 is 5.73 Å². The normalized spacial score (nSPS) is 14.1. The van der Waals surface area contributed by atoms with Crippen LogP contribution >= 0.6 is 0 Å². The molecule has 0 heterocycles. The van der Waals surface area contributed by atoms with Crippen LogP contribution in [0.2, 0.25) is 0 Å². The van der Waals surface area contributed by atoms with Gasteiger partial charge in [0.05, 0.1) is 12.5 Å². The number of carboxylic acid groups (broad SMARTS) is 1. The molecule has 4 heteroatoms. The first-order chi connectivity index (χ1) is 8.65. The molecule has 0 saturated heterocycles. The van der Waals surface area contributed by atoms with Gasteiger partial charge in [-0.15, -0.1) is 0 Å². The number of hydrogen-bond acceptors (Lipinski definition) is 3. The summed E-state index contributed by atoms with van der Waals surface area (Å²) in [7, 11) is 0. The van der Waals surface area contributed by atoms with Crippen molar-refractivity contribution in [3.8, 4) is 0 Å². The summed E-state index contributed by atoms with van der Waals surface area (Å²) in [5, 5.41) is 9.11. The molecule has 1 rings (SSSR count). The Morgan fingerprint density at radius 1 is 1.39 bits per heavy atom. The van der Waals surface area contributed by atoms with E-state index in [2.05, 4.69) is 0 Å². The van der Waals surface area contributed by atoms with Gasteiger partial charge in [0.15, 0.2) is 0 Å². The molecule has 2 unspecified atom stereocenters. The average Bonchev–Trinajstić information content (AvgIpc) is 2.37. The lowest BCUT2D eigenvalue weighted by atomic mass is 10.0. The van der Waals surface area contributed by atoms with Gasteiger partial charge in [0, 0.05) is 0 Å². The Morgan fingerprint density at radius 2 is 2.06 bits per heavy atom. The van der Waals surface area contributed by atoms with Gasteiger partial charge in [0.25, 0.3) is 0 Å². The molecular formula is C14H21NO3. The largest absolute Gasteiger partial charge is 0.481 e. The number of carbonyl (C=O) groups is 1. The number of rotatable bonds is 8. The van der Waals surface area contributed by atoms with Crippen LogP contribution in [0, 0.1) is 5.92 Å². The minimum absolute atomic E-state index is 0.345. The Morgan fingerprint density at radius 3 is 2.61 bits per heavy atom. The molecule has 0 aliphatic rings. The van der Waals surface area contributed by atoms with E-state index in [1.54, 1.807) is 0 Å². The Hall–Kier alpha value is -1.39. The quantitative estimate of drug-likeness (QED) is 0.696. The number of unbranched alkanes of at least 4 members (excludes halogenated alkanes) is 1. The van der Waals surface area contributed by atoms with Crippen LogP contribution in [0.1, 0.15) is 31.7 Å². The van der Waals surface area contributed by atoms with Crippen molar-refractivity contribution in [3.63, 3.8) is 0 Å². The summed E-state index contributed by atoms with van der Waals surface area (Å²) in [4.78, 5) is 11.1. The first-order valence-electron chi connectivity index (χ1n) is 6.29. The first kappa shape index (κ1) is 14.7. The van der Waals surface area contributed by atoms with Gasteiger partial charge in [0.1, 0.15) is 6.23 Å². The summed E-state index contributed by atoms with van der Waals surface area (Å²) in [6.07, 6.45) is 1.60. The molecule has 0 aromatic heterocycles. The molecule has 100 valence electrons. The van der Waals surface area contributed by atoms with Crippen molar-refractivity contribution in [2.24, 2.45) is 11.7 Å². The standard InChI is InChI=1S/C14H21NO3/c1-2-3-9-12(14(16)17)13(15)18-10-11-7-5-4-6-8-11/h4-8,12-13H,2-3,9-10,15H2,1H3,(H,16,17). The highest BCUT2D eigenvalue weighted by Gasteiger charge is 2.25. The number of aliphatic carboxylic acids is 1. The van der Waals surface area contributed by atoms with Gasteiger partial charge in [-0.3, -0.25) is 4.79 Å². The number of carboxylic acids is 1. The Kier molecular flexibility index (Phi) is 6.39. The third-order valence-corrected chi connectivity index (χ3v) is 2.87. The lowest BCUT2D eigenvalue weighted by Crippen LogP contribution is -2.37. The third kappa shape index (κ3) is 4.85. The van der Waals surface area contributed by atoms with Crippen molar-refractivity contribution in [3.05, 3.63) is 35.9 Å². The second-order valence-electron chi connectivity index (χ2n) is 4.35. The molecule has 2 atom stereocenters. The average molecular weight is 251 g/mol. The fraction of sp³-hybridized carbons (Fsp3) is 0.500. The molecule has 0 amide bonds. The number of ether oxygens (including phenoxy) is 1. The minimum atomic E-state index is -0.885. The maximum Gasteiger partial charge on any atom is 0.310 e. The summed E-state index contributed by atoms with van der Waals surface area (Å²) in [5.41, 5.74) is 6.80. The highest BCUT2D eigenvalue weighted by atomic mass is 16.5. The van der Waals surface area contributed by atoms with Gasteiger partial charge in [-0.1, -0.05) is 50.1 Å². The summed E-state index contributed by atoms with van der Waals surface area (Å²) < 4.78 is 5.45. The van der Waals surface area contributed by atoms with Crippen molar-refractivity contribution >= 4 is 5.97 Å². The third-order valence-electron chi connectivity index (χ3n) is 2.87. The highest BCUT2D eigenvalue weighted by Crippen LogP contribution is 2.14. The van der Waals surface area contributed by atoms with Gasteiger partial charge >= 0.3 is 5.97 Å². The van der Waals surface area contributed by atoms with Crippen LogP contribution in [0.5, 0.6) is 0 Å². The lowest BCUT2D eigenvalue weighted by Gasteiger charge is -2.20. The Bertz CT molecular complexity index is 353. The molecule has 0 aliphatic carbocycles. The molecule has 1 aromatic rings. The molecule has 0 bridgehead atoms. The molecule has 0 fully saturated rings. The molecule has 4 nitrogen and oxygen atoms in total. The van der Waals surface area contributed by atoms with Gasteiger partial charge in [-0.25, -0.2) is 0 Å². The van der Waals surface area contributed by atoms with E-state index in [0.717, 1.165) is 18.4 Å². The van der Waals surface area contributed by atoms with Crippen molar-refractivity contribution < 1.29 is 14.6 Å². The second kappa shape index (κ2) is 7.84. The van der Waals surface area contributed by atoms with E-state index in [1.165, 1.54) is 0 Å². The predicted octanol–water partition coefficient (Wildman–Crippen LogP) is 2.38. The van der Waals surface area contributed by atoms with Crippen LogP contribution in [-0.2, 0) is 16.1 Å². The molecule has 3 N–H and O–H groups in total. The molecule has 0 radical (unpaired) electrons. The Labute approximate surface area is 108 Å². The van der Waals surface area contributed by atoms with Gasteiger partial charge in [-0.05, 0) is 12.0 Å². The monoisotopic (exact) mass is 251 g/mol. The van der Waals surface area contributed by atoms with Gasteiger partial charge in [-0.2, -0.15) is 0 Å². The van der Waals surface area contributed by atoms with Crippen molar-refractivity contribution in [2.45, 2.75) is 39.0 Å². The summed E-state index contributed by atoms with van der Waals surface area (Å²) in [6, 6.07) is 9.60. The second-order valence-corrected chi connectivity index (χ2v) is 4.35. The van der Waals surface area contributed by atoms with Crippen LogP contribution in [0.4, 0.5) is 0 Å². The van der Waals surface area contributed by atoms with E-state index < -0.39 is 18.1 Å². The summed E-state index contributed by atoms with van der Waals surface area (Å²) >= 11 is 0. The molecular weight excluding hydrogens is 230 g/mol. The Balaban J connectivity index is 2.46. The molecule has 0 spiro atoms. The molecule has 0 aliphatic heterocycles. The predicted molar refractivity (Wildman–Crippen MR) is 69.9 cm³/mol. The molecule has 0 saturated carbocycles. The van der Waals surface area contributed by atoms with Crippen LogP contribution in [-0.4, -0.2) is 17.3 Å². The van der Waals surface area contributed by atoms with Crippen LogP contribution in [0.3, 0.4) is 0 Å². The maximum atomic E-state index is 11.1. The van der Waals surface area contributed by atoms with Crippen molar-refractivity contribution in [1.29, 1.82) is 0 Å². The fourth-order valence-electron chi connectivity index (χ4n) is 1.74. The van der Waals surface area contributed by atoms with E-state index in [4.69, 9.17) is 15.6 Å². The van der Waals surface area contributed by atoms with Crippen LogP contribution in [0.25, 0.3) is 0 Å². The zero-order valence-corrected chi connectivity index (χ0v) is 10.7. The maximum absolute atomic E-state index is 11.1.